The lowest BCUT2D eigenvalue weighted by Gasteiger charge is -2.14. The molecule has 0 radical (unpaired) electrons. The SMILES string of the molecule is Cc1ccc(-n2cnc3cc(C(=O)N4CCn5c4nc4ccccc45)ccc32)c(C)c1. The summed E-state index contributed by atoms with van der Waals surface area (Å²) in [5.74, 6) is 0.670. The highest BCUT2D eigenvalue weighted by molar-refractivity contribution is 6.08. The van der Waals surface area contributed by atoms with Crippen LogP contribution in [0.15, 0.2) is 67.0 Å². The third-order valence-electron chi connectivity index (χ3n) is 6.07. The molecule has 0 unspecified atom stereocenters. The highest BCUT2D eigenvalue weighted by Crippen LogP contribution is 2.29. The van der Waals surface area contributed by atoms with Crippen molar-refractivity contribution in [3.8, 4) is 5.69 Å². The minimum absolute atomic E-state index is 0.0444. The largest absolute Gasteiger partial charge is 0.308 e. The molecular formula is C25H21N5O. The van der Waals surface area contributed by atoms with E-state index in [9.17, 15) is 4.79 Å². The average Bonchev–Trinajstić information content (AvgIpc) is 3.46. The Morgan fingerprint density at radius 1 is 0.903 bits per heavy atom. The number of imidazole rings is 2. The second-order valence-electron chi connectivity index (χ2n) is 8.12. The van der Waals surface area contributed by atoms with Gasteiger partial charge in [-0.1, -0.05) is 29.8 Å². The minimum atomic E-state index is -0.0444. The van der Waals surface area contributed by atoms with Gasteiger partial charge in [-0.05, 0) is 55.8 Å². The van der Waals surface area contributed by atoms with E-state index < -0.39 is 0 Å². The van der Waals surface area contributed by atoms with E-state index in [4.69, 9.17) is 4.98 Å². The van der Waals surface area contributed by atoms with E-state index in [1.54, 1.807) is 4.90 Å². The van der Waals surface area contributed by atoms with Gasteiger partial charge in [0.25, 0.3) is 5.91 Å². The van der Waals surface area contributed by atoms with Crippen molar-refractivity contribution in [1.82, 2.24) is 19.1 Å². The van der Waals surface area contributed by atoms with Gasteiger partial charge in [0.2, 0.25) is 5.95 Å². The molecular weight excluding hydrogens is 386 g/mol. The molecule has 0 fully saturated rings. The molecule has 1 aliphatic heterocycles. The van der Waals surface area contributed by atoms with Crippen LogP contribution in [0.2, 0.25) is 0 Å². The Morgan fingerprint density at radius 2 is 1.77 bits per heavy atom. The molecule has 0 atom stereocenters. The molecule has 0 bridgehead atoms. The van der Waals surface area contributed by atoms with Gasteiger partial charge < -0.3 is 4.57 Å². The number of carbonyl (C=O) groups is 1. The van der Waals surface area contributed by atoms with Gasteiger partial charge in [0.1, 0.15) is 6.33 Å². The van der Waals surface area contributed by atoms with Crippen molar-refractivity contribution in [3.05, 3.63) is 83.7 Å². The van der Waals surface area contributed by atoms with Gasteiger partial charge in [0.05, 0.1) is 27.8 Å². The van der Waals surface area contributed by atoms with Crippen LogP contribution in [0.25, 0.3) is 27.8 Å². The lowest BCUT2D eigenvalue weighted by atomic mass is 10.1. The van der Waals surface area contributed by atoms with Crippen LogP contribution in [-0.2, 0) is 6.54 Å². The number of hydrogen-bond donors (Lipinski definition) is 0. The van der Waals surface area contributed by atoms with Crippen LogP contribution < -0.4 is 4.90 Å². The summed E-state index contributed by atoms with van der Waals surface area (Å²) >= 11 is 0. The van der Waals surface area contributed by atoms with Crippen molar-refractivity contribution in [2.24, 2.45) is 0 Å². The molecule has 0 N–H and O–H groups in total. The van der Waals surface area contributed by atoms with Gasteiger partial charge in [-0.3, -0.25) is 14.3 Å². The van der Waals surface area contributed by atoms with E-state index in [1.165, 1.54) is 11.1 Å². The van der Waals surface area contributed by atoms with Crippen LogP contribution in [0.5, 0.6) is 0 Å². The number of fused-ring (bicyclic) bond motifs is 4. The molecule has 6 rings (SSSR count). The molecule has 1 aliphatic rings. The maximum absolute atomic E-state index is 13.3. The summed E-state index contributed by atoms with van der Waals surface area (Å²) in [6, 6.07) is 20.1. The fraction of sp³-hybridized carbons (Fsp3) is 0.160. The van der Waals surface area contributed by atoms with Crippen LogP contribution in [-0.4, -0.2) is 31.6 Å². The summed E-state index contributed by atoms with van der Waals surface area (Å²) in [4.78, 5) is 24.4. The van der Waals surface area contributed by atoms with E-state index in [0.29, 0.717) is 18.1 Å². The maximum atomic E-state index is 13.3. The van der Waals surface area contributed by atoms with Crippen LogP contribution in [0.4, 0.5) is 5.95 Å². The Morgan fingerprint density at radius 3 is 2.65 bits per heavy atom. The van der Waals surface area contributed by atoms with Crippen molar-refractivity contribution in [3.63, 3.8) is 0 Å². The van der Waals surface area contributed by atoms with Crippen LogP contribution in [0.1, 0.15) is 21.5 Å². The first-order valence-electron chi connectivity index (χ1n) is 10.4. The van der Waals surface area contributed by atoms with Crippen molar-refractivity contribution in [2.75, 3.05) is 11.4 Å². The highest BCUT2D eigenvalue weighted by atomic mass is 16.2. The predicted octanol–water partition coefficient (Wildman–Crippen LogP) is 4.65. The number of carbonyl (C=O) groups excluding carboxylic acids is 1. The monoisotopic (exact) mass is 407 g/mol. The lowest BCUT2D eigenvalue weighted by Crippen LogP contribution is -2.29. The number of anilines is 1. The number of amides is 1. The zero-order chi connectivity index (χ0) is 21.1. The first-order chi connectivity index (χ1) is 15.1. The molecule has 152 valence electrons. The zero-order valence-corrected chi connectivity index (χ0v) is 17.4. The first-order valence-corrected chi connectivity index (χ1v) is 10.4. The summed E-state index contributed by atoms with van der Waals surface area (Å²) in [5.41, 5.74) is 7.91. The van der Waals surface area contributed by atoms with E-state index in [0.717, 1.165) is 34.3 Å². The second kappa shape index (κ2) is 6.54. The van der Waals surface area contributed by atoms with Gasteiger partial charge in [-0.15, -0.1) is 0 Å². The fourth-order valence-electron chi connectivity index (χ4n) is 4.55. The van der Waals surface area contributed by atoms with E-state index >= 15 is 0 Å². The molecule has 1 amide bonds. The van der Waals surface area contributed by atoms with Gasteiger partial charge >= 0.3 is 0 Å². The highest BCUT2D eigenvalue weighted by Gasteiger charge is 2.29. The topological polar surface area (TPSA) is 56.0 Å². The molecule has 31 heavy (non-hydrogen) atoms. The van der Waals surface area contributed by atoms with Crippen LogP contribution in [0.3, 0.4) is 0 Å². The number of rotatable bonds is 2. The molecule has 0 aliphatic carbocycles. The Balaban J connectivity index is 1.38. The third-order valence-corrected chi connectivity index (χ3v) is 6.07. The molecule has 0 saturated heterocycles. The summed E-state index contributed by atoms with van der Waals surface area (Å²) in [7, 11) is 0. The van der Waals surface area contributed by atoms with Crippen LogP contribution in [0, 0.1) is 13.8 Å². The molecule has 6 nitrogen and oxygen atoms in total. The summed E-state index contributed by atoms with van der Waals surface area (Å²) in [6.45, 7) is 5.57. The fourth-order valence-corrected chi connectivity index (χ4v) is 4.55. The smallest absolute Gasteiger partial charge is 0.260 e. The molecule has 3 heterocycles. The maximum Gasteiger partial charge on any atom is 0.260 e. The van der Waals surface area contributed by atoms with E-state index in [-0.39, 0.29) is 5.91 Å². The second-order valence-corrected chi connectivity index (χ2v) is 8.12. The Bertz CT molecular complexity index is 1490. The standard InChI is InChI=1S/C25H21N5O/c1-16-7-9-21(17(2)13-16)30-15-26-20-14-18(8-10-23(20)30)24(31)29-12-11-28-22-6-4-3-5-19(22)27-25(28)29/h3-10,13-15H,11-12H2,1-2H3. The molecule has 5 aromatic rings. The number of hydrogen-bond acceptors (Lipinski definition) is 3. The normalized spacial score (nSPS) is 13.3. The van der Waals surface area contributed by atoms with E-state index in [1.807, 2.05) is 48.8 Å². The van der Waals surface area contributed by atoms with Gasteiger partial charge in [-0.2, -0.15) is 0 Å². The summed E-state index contributed by atoms with van der Waals surface area (Å²) < 4.78 is 4.19. The van der Waals surface area contributed by atoms with Gasteiger partial charge in [0, 0.05) is 18.7 Å². The Kier molecular flexibility index (Phi) is 3.77. The lowest BCUT2D eigenvalue weighted by molar-refractivity contribution is 0.0989. The number of para-hydroxylation sites is 2. The zero-order valence-electron chi connectivity index (χ0n) is 17.4. The van der Waals surface area contributed by atoms with Crippen LogP contribution >= 0.6 is 0 Å². The van der Waals surface area contributed by atoms with Crippen molar-refractivity contribution >= 4 is 33.9 Å². The van der Waals surface area contributed by atoms with Crippen molar-refractivity contribution < 1.29 is 4.79 Å². The molecule has 0 saturated carbocycles. The third kappa shape index (κ3) is 2.68. The first kappa shape index (κ1) is 17.9. The summed E-state index contributed by atoms with van der Waals surface area (Å²) in [6.07, 6.45) is 1.83. The number of benzene rings is 3. The molecule has 6 heteroatoms. The van der Waals surface area contributed by atoms with Gasteiger partial charge in [-0.25, -0.2) is 9.97 Å². The van der Waals surface area contributed by atoms with Crippen molar-refractivity contribution in [2.45, 2.75) is 20.4 Å². The van der Waals surface area contributed by atoms with Gasteiger partial charge in [0.15, 0.2) is 0 Å². The molecule has 2 aromatic heterocycles. The minimum Gasteiger partial charge on any atom is -0.308 e. The Labute approximate surface area is 179 Å². The molecule has 0 spiro atoms. The predicted molar refractivity (Wildman–Crippen MR) is 122 cm³/mol. The number of aromatic nitrogens is 4. The summed E-state index contributed by atoms with van der Waals surface area (Å²) in [5, 5.41) is 0. The van der Waals surface area contributed by atoms with Crippen molar-refractivity contribution in [1.29, 1.82) is 0 Å². The Hall–Kier alpha value is -3.93. The average molecular weight is 407 g/mol. The number of nitrogens with zero attached hydrogens (tertiary/aromatic N) is 5. The quantitative estimate of drug-likeness (QED) is 0.428. The molecule has 3 aromatic carbocycles. The number of aryl methyl sites for hydroxylation is 2. The van der Waals surface area contributed by atoms with E-state index in [2.05, 4.69) is 46.2 Å².